The van der Waals surface area contributed by atoms with Crippen molar-refractivity contribution in [2.75, 3.05) is 11.9 Å². The molecule has 0 saturated carbocycles. The molecule has 0 aliphatic rings. The number of carboxylic acid groups (broad SMARTS) is 1. The predicted octanol–water partition coefficient (Wildman–Crippen LogP) is 2.97. The fourth-order valence-corrected chi connectivity index (χ4v) is 3.58. The van der Waals surface area contributed by atoms with Crippen molar-refractivity contribution in [2.24, 2.45) is 0 Å². The molecule has 1 amide bonds. The Balaban J connectivity index is 1.67. The Bertz CT molecular complexity index is 1110. The lowest BCUT2D eigenvalue weighted by Crippen LogP contribution is -2.29. The first-order valence-corrected chi connectivity index (χ1v) is 10.1. The van der Waals surface area contributed by atoms with E-state index in [-0.39, 0.29) is 10.8 Å². The zero-order valence-electron chi connectivity index (χ0n) is 15.2. The van der Waals surface area contributed by atoms with Crippen LogP contribution in [-0.4, -0.2) is 31.9 Å². The largest absolute Gasteiger partial charge is 0.480 e. The minimum Gasteiger partial charge on any atom is -0.480 e. The van der Waals surface area contributed by atoms with E-state index in [1.807, 2.05) is 47.2 Å². The number of carbonyl (C=O) groups excluding carboxylic acids is 1. The lowest BCUT2D eigenvalue weighted by atomic mass is 10.0. The van der Waals surface area contributed by atoms with Crippen LogP contribution in [0.4, 0.5) is 5.69 Å². The fraction of sp³-hybridized carbons (Fsp3) is 0.0476. The Morgan fingerprint density at radius 2 is 1.38 bits per heavy atom. The van der Waals surface area contributed by atoms with E-state index in [9.17, 15) is 18.0 Å². The van der Waals surface area contributed by atoms with Crippen molar-refractivity contribution in [3.8, 4) is 11.1 Å². The molecule has 0 aliphatic heterocycles. The first-order valence-electron chi connectivity index (χ1n) is 8.63. The van der Waals surface area contributed by atoms with E-state index in [1.54, 1.807) is 12.1 Å². The summed E-state index contributed by atoms with van der Waals surface area (Å²) in [5.41, 5.74) is 2.92. The van der Waals surface area contributed by atoms with E-state index in [0.29, 0.717) is 11.3 Å². The normalized spacial score (nSPS) is 11.0. The summed E-state index contributed by atoms with van der Waals surface area (Å²) in [7, 11) is -3.93. The van der Waals surface area contributed by atoms with E-state index < -0.39 is 22.5 Å². The highest BCUT2D eigenvalue weighted by molar-refractivity contribution is 7.89. The van der Waals surface area contributed by atoms with Crippen LogP contribution in [0.25, 0.3) is 11.1 Å². The number of hydrogen-bond donors (Lipinski definition) is 3. The van der Waals surface area contributed by atoms with Crippen molar-refractivity contribution in [1.82, 2.24) is 4.72 Å². The van der Waals surface area contributed by atoms with Crippen molar-refractivity contribution in [3.05, 3.63) is 84.4 Å². The van der Waals surface area contributed by atoms with Gasteiger partial charge in [-0.2, -0.15) is 4.72 Å². The zero-order valence-corrected chi connectivity index (χ0v) is 16.0. The summed E-state index contributed by atoms with van der Waals surface area (Å²) in [6.07, 6.45) is 0. The maximum absolute atomic E-state index is 12.4. The summed E-state index contributed by atoms with van der Waals surface area (Å²) >= 11 is 0. The Hall–Kier alpha value is -3.49. The van der Waals surface area contributed by atoms with Crippen LogP contribution < -0.4 is 10.0 Å². The van der Waals surface area contributed by atoms with Crippen LogP contribution in [0.3, 0.4) is 0 Å². The number of carboxylic acids is 1. The van der Waals surface area contributed by atoms with Crippen molar-refractivity contribution in [3.63, 3.8) is 0 Å². The van der Waals surface area contributed by atoms with Crippen molar-refractivity contribution < 1.29 is 23.1 Å². The van der Waals surface area contributed by atoms with Gasteiger partial charge < -0.3 is 10.4 Å². The van der Waals surface area contributed by atoms with Crippen LogP contribution in [0.5, 0.6) is 0 Å². The molecule has 148 valence electrons. The van der Waals surface area contributed by atoms with Gasteiger partial charge in [0.25, 0.3) is 5.91 Å². The molecule has 0 aromatic heterocycles. The second-order valence-corrected chi connectivity index (χ2v) is 7.91. The summed E-state index contributed by atoms with van der Waals surface area (Å²) in [5, 5.41) is 11.3. The second-order valence-electron chi connectivity index (χ2n) is 6.14. The molecule has 0 radical (unpaired) electrons. The van der Waals surface area contributed by atoms with Crippen LogP contribution in [0, 0.1) is 0 Å². The third kappa shape index (κ3) is 5.28. The Morgan fingerprint density at radius 3 is 1.97 bits per heavy atom. The summed E-state index contributed by atoms with van der Waals surface area (Å²) in [5.74, 6) is -1.61. The number of sulfonamides is 1. The Kier molecular flexibility index (Phi) is 6.06. The molecule has 0 bridgehead atoms. The van der Waals surface area contributed by atoms with Gasteiger partial charge in [-0.05, 0) is 47.5 Å². The number of rotatable bonds is 7. The van der Waals surface area contributed by atoms with Crippen LogP contribution in [0.2, 0.25) is 0 Å². The predicted molar refractivity (Wildman–Crippen MR) is 109 cm³/mol. The quantitative estimate of drug-likeness (QED) is 0.554. The molecule has 0 fully saturated rings. The number of carbonyl (C=O) groups is 2. The third-order valence-electron chi connectivity index (χ3n) is 4.09. The van der Waals surface area contributed by atoms with E-state index in [2.05, 4.69) is 5.32 Å². The van der Waals surface area contributed by atoms with Gasteiger partial charge in [0.2, 0.25) is 10.0 Å². The summed E-state index contributed by atoms with van der Waals surface area (Å²) in [4.78, 5) is 22.8. The van der Waals surface area contributed by atoms with Crippen molar-refractivity contribution >= 4 is 27.6 Å². The third-order valence-corrected chi connectivity index (χ3v) is 5.51. The van der Waals surface area contributed by atoms with Gasteiger partial charge in [0.1, 0.15) is 6.54 Å². The monoisotopic (exact) mass is 410 g/mol. The summed E-state index contributed by atoms with van der Waals surface area (Å²) < 4.78 is 25.9. The fourth-order valence-electron chi connectivity index (χ4n) is 2.61. The van der Waals surface area contributed by atoms with Gasteiger partial charge in [-0.15, -0.1) is 0 Å². The van der Waals surface area contributed by atoms with E-state index in [4.69, 9.17) is 5.11 Å². The molecule has 3 aromatic carbocycles. The molecule has 3 rings (SSSR count). The minimum absolute atomic E-state index is 0.0936. The minimum atomic E-state index is -3.93. The number of benzene rings is 3. The van der Waals surface area contributed by atoms with Gasteiger partial charge >= 0.3 is 5.97 Å². The molecule has 29 heavy (non-hydrogen) atoms. The molecule has 0 heterocycles. The van der Waals surface area contributed by atoms with Gasteiger partial charge in [0.15, 0.2) is 0 Å². The molecule has 0 unspecified atom stereocenters. The molecule has 0 aliphatic carbocycles. The second kappa shape index (κ2) is 8.68. The number of nitrogens with one attached hydrogen (secondary N) is 2. The van der Waals surface area contributed by atoms with Crippen molar-refractivity contribution in [1.29, 1.82) is 0 Å². The number of hydrogen-bond acceptors (Lipinski definition) is 4. The van der Waals surface area contributed by atoms with E-state index in [1.165, 1.54) is 24.3 Å². The molecular weight excluding hydrogens is 392 g/mol. The van der Waals surface area contributed by atoms with Gasteiger partial charge in [-0.25, -0.2) is 8.42 Å². The summed E-state index contributed by atoms with van der Waals surface area (Å²) in [6.45, 7) is -0.709. The Labute approximate surface area is 168 Å². The molecule has 0 saturated heterocycles. The van der Waals surface area contributed by atoms with Crippen LogP contribution in [0.15, 0.2) is 83.8 Å². The van der Waals surface area contributed by atoms with Gasteiger partial charge in [0.05, 0.1) is 4.90 Å². The SMILES string of the molecule is O=C(O)CNS(=O)(=O)c1ccc(NC(=O)c2ccc(-c3ccccc3)cc2)cc1. The van der Waals surface area contributed by atoms with Gasteiger partial charge in [-0.1, -0.05) is 42.5 Å². The number of anilines is 1. The highest BCUT2D eigenvalue weighted by Gasteiger charge is 2.15. The maximum Gasteiger partial charge on any atom is 0.318 e. The Morgan fingerprint density at radius 1 is 0.793 bits per heavy atom. The lowest BCUT2D eigenvalue weighted by molar-refractivity contribution is -0.135. The molecule has 3 aromatic rings. The van der Waals surface area contributed by atoms with E-state index in [0.717, 1.165) is 11.1 Å². The van der Waals surface area contributed by atoms with Crippen LogP contribution in [0.1, 0.15) is 10.4 Å². The first kappa shape index (κ1) is 20.2. The van der Waals surface area contributed by atoms with Crippen LogP contribution >= 0.6 is 0 Å². The van der Waals surface area contributed by atoms with Gasteiger partial charge in [-0.3, -0.25) is 9.59 Å². The lowest BCUT2D eigenvalue weighted by Gasteiger charge is -2.08. The smallest absolute Gasteiger partial charge is 0.318 e. The molecule has 0 spiro atoms. The van der Waals surface area contributed by atoms with Crippen LogP contribution in [-0.2, 0) is 14.8 Å². The average Bonchev–Trinajstić information content (AvgIpc) is 2.73. The highest BCUT2D eigenvalue weighted by Crippen LogP contribution is 2.20. The average molecular weight is 410 g/mol. The first-order chi connectivity index (χ1) is 13.8. The molecular formula is C21H18N2O5S. The summed E-state index contributed by atoms with van der Waals surface area (Å²) in [6, 6.07) is 22.4. The zero-order chi connectivity index (χ0) is 20.9. The molecule has 3 N–H and O–H groups in total. The van der Waals surface area contributed by atoms with Gasteiger partial charge in [0, 0.05) is 11.3 Å². The van der Waals surface area contributed by atoms with E-state index >= 15 is 0 Å². The number of amides is 1. The van der Waals surface area contributed by atoms with Crippen molar-refractivity contribution in [2.45, 2.75) is 4.90 Å². The molecule has 0 atom stereocenters. The maximum atomic E-state index is 12.4. The number of aliphatic carboxylic acids is 1. The topological polar surface area (TPSA) is 113 Å². The standard InChI is InChI=1S/C21H18N2O5S/c24-20(25)14-22-29(27,28)19-12-10-18(11-13-19)23-21(26)17-8-6-16(7-9-17)15-4-2-1-3-5-15/h1-13,22H,14H2,(H,23,26)(H,24,25). The molecule has 7 nitrogen and oxygen atoms in total. The molecule has 8 heteroatoms. The highest BCUT2D eigenvalue weighted by atomic mass is 32.2.